The number of esters is 2. The number of nitrogens with zero attached hydrogens (tertiary/aromatic N) is 3. The fourth-order valence-corrected chi connectivity index (χ4v) is 3.71. The van der Waals surface area contributed by atoms with Crippen LogP contribution in [0.15, 0.2) is 24.3 Å². The molecule has 3 aromatic rings. The van der Waals surface area contributed by atoms with Gasteiger partial charge in [-0.25, -0.2) is 19.6 Å². The van der Waals surface area contributed by atoms with Gasteiger partial charge >= 0.3 is 11.9 Å². The molecule has 150 valence electrons. The molecular weight excluding hydrogens is 400 g/mol. The van der Waals surface area contributed by atoms with Gasteiger partial charge in [0, 0.05) is 12.1 Å². The first-order valence-corrected chi connectivity index (χ1v) is 9.27. The molecule has 0 amide bonds. The molecule has 3 rings (SSSR count). The normalized spacial score (nSPS) is 10.7. The lowest BCUT2D eigenvalue weighted by Gasteiger charge is -2.05. The number of hydrogen-bond acceptors (Lipinski definition) is 10. The Labute approximate surface area is 168 Å². The maximum absolute atomic E-state index is 12.1. The van der Waals surface area contributed by atoms with E-state index in [1.54, 1.807) is 13.8 Å². The Morgan fingerprint density at radius 1 is 1.17 bits per heavy atom. The molecule has 11 heteroatoms. The van der Waals surface area contributed by atoms with E-state index in [9.17, 15) is 19.7 Å². The number of aryl methyl sites for hydroxylation is 1. The second-order valence-electron chi connectivity index (χ2n) is 5.86. The molecule has 0 fully saturated rings. The fourth-order valence-electron chi connectivity index (χ4n) is 2.60. The van der Waals surface area contributed by atoms with Gasteiger partial charge in [0.25, 0.3) is 5.69 Å². The van der Waals surface area contributed by atoms with Gasteiger partial charge in [0.2, 0.25) is 0 Å². The molecule has 0 aliphatic carbocycles. The zero-order chi connectivity index (χ0) is 21.1. The monoisotopic (exact) mass is 416 g/mol. The molecule has 0 aliphatic heterocycles. The summed E-state index contributed by atoms with van der Waals surface area (Å²) in [6, 6.07) is 5.02. The third-order valence-electron chi connectivity index (χ3n) is 3.97. The lowest BCUT2D eigenvalue weighted by molar-refractivity contribution is -0.384. The summed E-state index contributed by atoms with van der Waals surface area (Å²) in [5, 5.41) is 11.2. The number of rotatable bonds is 6. The van der Waals surface area contributed by atoms with Gasteiger partial charge < -0.3 is 15.2 Å². The predicted octanol–water partition coefficient (Wildman–Crippen LogP) is 3.02. The number of nitrogens with two attached hydrogens (primary N) is 1. The maximum atomic E-state index is 12.1. The molecule has 0 radical (unpaired) electrons. The van der Waals surface area contributed by atoms with E-state index in [2.05, 4.69) is 9.97 Å². The SMILES string of the molecule is CCOC(=O)c1sc2nc(COC(=O)c3ccc([N+](=O)[O-])cc3)nc(N)c2c1C. The Morgan fingerprint density at radius 3 is 2.48 bits per heavy atom. The second-order valence-corrected chi connectivity index (χ2v) is 6.86. The molecule has 0 saturated heterocycles. The van der Waals surface area contributed by atoms with Crippen LogP contribution in [0.1, 0.15) is 38.3 Å². The van der Waals surface area contributed by atoms with Gasteiger partial charge in [-0.2, -0.15) is 0 Å². The minimum atomic E-state index is -0.684. The molecule has 0 atom stereocenters. The van der Waals surface area contributed by atoms with Gasteiger partial charge in [0.1, 0.15) is 15.5 Å². The number of aromatic nitrogens is 2. The Bertz CT molecular complexity index is 1110. The maximum Gasteiger partial charge on any atom is 0.348 e. The summed E-state index contributed by atoms with van der Waals surface area (Å²) in [6.07, 6.45) is 0. The van der Waals surface area contributed by atoms with Gasteiger partial charge in [-0.1, -0.05) is 0 Å². The first kappa shape index (κ1) is 20.1. The van der Waals surface area contributed by atoms with Gasteiger partial charge in [0.05, 0.1) is 22.5 Å². The van der Waals surface area contributed by atoms with Crippen molar-refractivity contribution in [3.8, 4) is 0 Å². The molecule has 2 aromatic heterocycles. The Hall–Kier alpha value is -3.60. The molecule has 2 N–H and O–H groups in total. The van der Waals surface area contributed by atoms with Crippen LogP contribution in [0.2, 0.25) is 0 Å². The van der Waals surface area contributed by atoms with Gasteiger partial charge in [-0.3, -0.25) is 10.1 Å². The number of nitro groups is 1. The molecule has 0 spiro atoms. The first-order chi connectivity index (χ1) is 13.8. The zero-order valence-electron chi connectivity index (χ0n) is 15.5. The van der Waals surface area contributed by atoms with Crippen molar-refractivity contribution in [1.82, 2.24) is 9.97 Å². The highest BCUT2D eigenvalue weighted by molar-refractivity contribution is 7.20. The van der Waals surface area contributed by atoms with Crippen molar-refractivity contribution in [3.63, 3.8) is 0 Å². The Balaban J connectivity index is 1.79. The number of thiophene rings is 1. The average Bonchev–Trinajstić information content (AvgIpc) is 3.03. The van der Waals surface area contributed by atoms with E-state index in [-0.39, 0.29) is 36.1 Å². The number of hydrogen-bond donors (Lipinski definition) is 1. The van der Waals surface area contributed by atoms with Gasteiger partial charge in [-0.05, 0) is 31.5 Å². The van der Waals surface area contributed by atoms with Crippen LogP contribution < -0.4 is 5.73 Å². The Kier molecular flexibility index (Phi) is 5.69. The second kappa shape index (κ2) is 8.19. The van der Waals surface area contributed by atoms with E-state index in [1.165, 1.54) is 24.3 Å². The largest absolute Gasteiger partial charge is 0.462 e. The average molecular weight is 416 g/mol. The lowest BCUT2D eigenvalue weighted by Crippen LogP contribution is -2.08. The molecule has 0 unspecified atom stereocenters. The molecule has 0 bridgehead atoms. The molecular formula is C18H16N4O6S. The van der Waals surface area contributed by atoms with Crippen LogP contribution in [-0.2, 0) is 16.1 Å². The van der Waals surface area contributed by atoms with Crippen LogP contribution in [0.25, 0.3) is 10.2 Å². The third-order valence-corrected chi connectivity index (χ3v) is 5.14. The highest BCUT2D eigenvalue weighted by Gasteiger charge is 2.21. The molecule has 0 aliphatic rings. The number of nitrogen functional groups attached to an aromatic ring is 1. The highest BCUT2D eigenvalue weighted by atomic mass is 32.1. The van der Waals surface area contributed by atoms with Crippen LogP contribution >= 0.6 is 11.3 Å². The Morgan fingerprint density at radius 2 is 1.86 bits per heavy atom. The summed E-state index contributed by atoms with van der Waals surface area (Å²) < 4.78 is 10.2. The summed E-state index contributed by atoms with van der Waals surface area (Å²) >= 11 is 1.13. The summed E-state index contributed by atoms with van der Waals surface area (Å²) in [5.74, 6) is -0.808. The number of fused-ring (bicyclic) bond motifs is 1. The number of non-ortho nitro benzene ring substituents is 1. The van der Waals surface area contributed by atoms with Crippen molar-refractivity contribution in [1.29, 1.82) is 0 Å². The predicted molar refractivity (Wildman–Crippen MR) is 105 cm³/mol. The minimum Gasteiger partial charge on any atom is -0.462 e. The number of ether oxygens (including phenoxy) is 2. The van der Waals surface area contributed by atoms with E-state index in [1.807, 2.05) is 0 Å². The fraction of sp³-hybridized carbons (Fsp3) is 0.222. The van der Waals surface area contributed by atoms with Gasteiger partial charge in [-0.15, -0.1) is 11.3 Å². The summed E-state index contributed by atoms with van der Waals surface area (Å²) in [6.45, 7) is 3.45. The van der Waals surface area contributed by atoms with Crippen molar-refractivity contribution in [2.24, 2.45) is 0 Å². The van der Waals surface area contributed by atoms with Crippen LogP contribution in [-0.4, -0.2) is 33.4 Å². The molecule has 0 saturated carbocycles. The molecule has 10 nitrogen and oxygen atoms in total. The standard InChI is InChI=1S/C18H16N4O6S/c1-3-27-18(24)14-9(2)13-15(19)20-12(21-16(13)29-14)8-28-17(23)10-4-6-11(7-5-10)22(25)26/h4-7H,3,8H2,1-2H3,(H2,19,20,21). The minimum absolute atomic E-state index is 0.131. The van der Waals surface area contributed by atoms with Crippen molar-refractivity contribution in [2.75, 3.05) is 12.3 Å². The van der Waals surface area contributed by atoms with Crippen LogP contribution in [0, 0.1) is 17.0 Å². The van der Waals surface area contributed by atoms with E-state index in [4.69, 9.17) is 15.2 Å². The topological polar surface area (TPSA) is 148 Å². The van der Waals surface area contributed by atoms with Crippen LogP contribution in [0.5, 0.6) is 0 Å². The van der Waals surface area contributed by atoms with Gasteiger partial charge in [0.15, 0.2) is 12.4 Å². The third kappa shape index (κ3) is 4.14. The number of carbonyl (C=O) groups excluding carboxylic acids is 2. The van der Waals surface area contributed by atoms with E-state index in [0.717, 1.165) is 11.3 Å². The summed E-state index contributed by atoms with van der Waals surface area (Å²) in [7, 11) is 0. The van der Waals surface area contributed by atoms with Crippen LogP contribution in [0.4, 0.5) is 11.5 Å². The molecule has 2 heterocycles. The zero-order valence-corrected chi connectivity index (χ0v) is 16.3. The number of nitro benzene ring substituents is 1. The number of anilines is 1. The van der Waals surface area contributed by atoms with Crippen LogP contribution in [0.3, 0.4) is 0 Å². The van der Waals surface area contributed by atoms with Crippen molar-refractivity contribution in [3.05, 3.63) is 56.2 Å². The molecule has 29 heavy (non-hydrogen) atoms. The van der Waals surface area contributed by atoms with Crippen molar-refractivity contribution in [2.45, 2.75) is 20.5 Å². The van der Waals surface area contributed by atoms with Crippen molar-refractivity contribution < 1.29 is 24.0 Å². The lowest BCUT2D eigenvalue weighted by atomic mass is 10.2. The smallest absolute Gasteiger partial charge is 0.348 e. The molecule has 1 aromatic carbocycles. The quantitative estimate of drug-likeness (QED) is 0.363. The van der Waals surface area contributed by atoms with E-state index in [0.29, 0.717) is 20.7 Å². The first-order valence-electron chi connectivity index (χ1n) is 8.46. The number of benzene rings is 1. The number of carbonyl (C=O) groups is 2. The highest BCUT2D eigenvalue weighted by Crippen LogP contribution is 2.33. The summed E-state index contributed by atoms with van der Waals surface area (Å²) in [5.41, 5.74) is 6.66. The van der Waals surface area contributed by atoms with E-state index < -0.39 is 16.9 Å². The summed E-state index contributed by atoms with van der Waals surface area (Å²) in [4.78, 5) is 43.6. The van der Waals surface area contributed by atoms with E-state index >= 15 is 0 Å². The van der Waals surface area contributed by atoms with Crippen molar-refractivity contribution >= 4 is 45.0 Å².